The average Bonchev–Trinajstić information content (AvgIpc) is 2.25. The number of hydrogen-bond acceptors (Lipinski definition) is 5. The van der Waals surface area contributed by atoms with Gasteiger partial charge in [-0.05, 0) is 34.1 Å². The number of hydrogen-bond donors (Lipinski definition) is 1. The average molecular weight is 257 g/mol. The first-order valence-corrected chi connectivity index (χ1v) is 5.95. The minimum atomic E-state index is -0.487. The van der Waals surface area contributed by atoms with E-state index in [0.29, 0.717) is 25.1 Å². The molecule has 0 aliphatic rings. The third-order valence-electron chi connectivity index (χ3n) is 2.00. The van der Waals surface area contributed by atoms with E-state index in [4.69, 9.17) is 9.47 Å². The summed E-state index contributed by atoms with van der Waals surface area (Å²) < 4.78 is 9.90. The van der Waals surface area contributed by atoms with Crippen LogP contribution in [0.15, 0.2) is 12.2 Å². The lowest BCUT2D eigenvalue weighted by molar-refractivity contribution is -0.153. The SMILES string of the molecule is C=C(C)C(=O)OCCCNCOC(=O)C(C)(C)C. The Hall–Kier alpha value is -1.36. The van der Waals surface area contributed by atoms with Crippen molar-refractivity contribution in [2.75, 3.05) is 19.9 Å². The maximum atomic E-state index is 11.4. The molecule has 0 aromatic heterocycles. The first-order valence-electron chi connectivity index (χ1n) is 5.95. The quantitative estimate of drug-likeness (QED) is 0.325. The summed E-state index contributed by atoms with van der Waals surface area (Å²) in [5, 5.41) is 2.93. The summed E-state index contributed by atoms with van der Waals surface area (Å²) in [6.07, 6.45) is 0.659. The lowest BCUT2D eigenvalue weighted by atomic mass is 9.98. The molecule has 0 amide bonds. The van der Waals surface area contributed by atoms with E-state index in [2.05, 4.69) is 11.9 Å². The zero-order valence-electron chi connectivity index (χ0n) is 11.7. The Kier molecular flexibility index (Phi) is 7.27. The lowest BCUT2D eigenvalue weighted by Gasteiger charge is -2.16. The fraction of sp³-hybridized carbons (Fsp3) is 0.692. The van der Waals surface area contributed by atoms with Gasteiger partial charge in [-0.2, -0.15) is 0 Å². The number of nitrogens with one attached hydrogen (secondary N) is 1. The Morgan fingerprint density at radius 3 is 2.33 bits per heavy atom. The molecular weight excluding hydrogens is 234 g/mol. The summed E-state index contributed by atoms with van der Waals surface area (Å²) in [6, 6.07) is 0. The second-order valence-corrected chi connectivity index (χ2v) is 5.10. The van der Waals surface area contributed by atoms with Gasteiger partial charge in [-0.15, -0.1) is 0 Å². The summed E-state index contributed by atoms with van der Waals surface area (Å²) in [7, 11) is 0. The van der Waals surface area contributed by atoms with Crippen LogP contribution in [0.5, 0.6) is 0 Å². The number of carbonyl (C=O) groups excluding carboxylic acids is 2. The van der Waals surface area contributed by atoms with Gasteiger partial charge in [0.05, 0.1) is 12.0 Å². The molecule has 0 atom stereocenters. The van der Waals surface area contributed by atoms with Crippen molar-refractivity contribution in [2.24, 2.45) is 5.41 Å². The van der Waals surface area contributed by atoms with Crippen molar-refractivity contribution in [2.45, 2.75) is 34.1 Å². The van der Waals surface area contributed by atoms with Crippen LogP contribution in [0.4, 0.5) is 0 Å². The number of esters is 2. The second kappa shape index (κ2) is 7.87. The van der Waals surface area contributed by atoms with Gasteiger partial charge < -0.3 is 9.47 Å². The predicted molar refractivity (Wildman–Crippen MR) is 68.8 cm³/mol. The standard InChI is InChI=1S/C13H23NO4/c1-10(2)11(15)17-8-6-7-14-9-18-12(16)13(3,4)5/h14H,1,6-9H2,2-5H3. The third-order valence-corrected chi connectivity index (χ3v) is 2.00. The highest BCUT2D eigenvalue weighted by Crippen LogP contribution is 2.14. The van der Waals surface area contributed by atoms with Crippen LogP contribution in [0.1, 0.15) is 34.1 Å². The maximum absolute atomic E-state index is 11.4. The van der Waals surface area contributed by atoms with Gasteiger partial charge in [-0.1, -0.05) is 6.58 Å². The molecule has 5 nitrogen and oxygen atoms in total. The van der Waals surface area contributed by atoms with Crippen molar-refractivity contribution in [3.63, 3.8) is 0 Å². The van der Waals surface area contributed by atoms with Gasteiger partial charge in [-0.3, -0.25) is 10.1 Å². The van der Waals surface area contributed by atoms with Crippen molar-refractivity contribution in [1.82, 2.24) is 5.32 Å². The molecule has 0 radical (unpaired) electrons. The van der Waals surface area contributed by atoms with Crippen LogP contribution in [0.3, 0.4) is 0 Å². The van der Waals surface area contributed by atoms with Crippen LogP contribution in [0.25, 0.3) is 0 Å². The van der Waals surface area contributed by atoms with E-state index < -0.39 is 5.41 Å². The molecule has 0 saturated heterocycles. The Morgan fingerprint density at radius 1 is 1.22 bits per heavy atom. The fourth-order valence-electron chi connectivity index (χ4n) is 0.890. The van der Waals surface area contributed by atoms with Crippen LogP contribution >= 0.6 is 0 Å². The van der Waals surface area contributed by atoms with E-state index in [1.807, 2.05) is 0 Å². The van der Waals surface area contributed by atoms with E-state index in [9.17, 15) is 9.59 Å². The zero-order chi connectivity index (χ0) is 14.2. The molecule has 0 saturated carbocycles. The molecule has 5 heteroatoms. The minimum absolute atomic E-state index is 0.171. The van der Waals surface area contributed by atoms with Gasteiger partial charge in [0, 0.05) is 12.1 Å². The van der Waals surface area contributed by atoms with Crippen molar-refractivity contribution in [3.8, 4) is 0 Å². The molecule has 0 spiro atoms. The highest BCUT2D eigenvalue weighted by Gasteiger charge is 2.22. The first-order chi connectivity index (χ1) is 8.25. The summed E-state index contributed by atoms with van der Waals surface area (Å²) in [5.74, 6) is -0.627. The second-order valence-electron chi connectivity index (χ2n) is 5.10. The monoisotopic (exact) mass is 257 g/mol. The van der Waals surface area contributed by atoms with Gasteiger partial charge in [-0.25, -0.2) is 4.79 Å². The Morgan fingerprint density at radius 2 is 1.83 bits per heavy atom. The summed E-state index contributed by atoms with van der Waals surface area (Å²) in [5.41, 5.74) is -0.0966. The molecule has 0 rings (SSSR count). The van der Waals surface area contributed by atoms with Crippen molar-refractivity contribution in [3.05, 3.63) is 12.2 Å². The molecule has 0 heterocycles. The molecule has 18 heavy (non-hydrogen) atoms. The zero-order valence-corrected chi connectivity index (χ0v) is 11.7. The lowest BCUT2D eigenvalue weighted by Crippen LogP contribution is -2.29. The van der Waals surface area contributed by atoms with E-state index in [0.717, 1.165) is 0 Å². The first kappa shape index (κ1) is 16.6. The number of ether oxygens (including phenoxy) is 2. The summed E-state index contributed by atoms with van der Waals surface area (Å²) in [4.78, 5) is 22.4. The van der Waals surface area contributed by atoms with E-state index >= 15 is 0 Å². The maximum Gasteiger partial charge on any atom is 0.333 e. The molecule has 104 valence electrons. The topological polar surface area (TPSA) is 64.6 Å². The van der Waals surface area contributed by atoms with Crippen molar-refractivity contribution in [1.29, 1.82) is 0 Å². The van der Waals surface area contributed by atoms with Crippen molar-refractivity contribution < 1.29 is 19.1 Å². The molecule has 0 unspecified atom stereocenters. The third kappa shape index (κ3) is 7.84. The van der Waals surface area contributed by atoms with Crippen LogP contribution in [0, 0.1) is 5.41 Å². The van der Waals surface area contributed by atoms with Crippen LogP contribution < -0.4 is 5.32 Å². The van der Waals surface area contributed by atoms with E-state index in [-0.39, 0.29) is 18.7 Å². The molecule has 0 fully saturated rings. The van der Waals surface area contributed by atoms with Gasteiger partial charge >= 0.3 is 11.9 Å². The van der Waals surface area contributed by atoms with E-state index in [1.165, 1.54) is 0 Å². The number of carbonyl (C=O) groups is 2. The molecule has 0 aromatic carbocycles. The fourth-order valence-corrected chi connectivity index (χ4v) is 0.890. The Balaban J connectivity index is 3.45. The summed E-state index contributed by atoms with van der Waals surface area (Å²) in [6.45, 7) is 11.6. The highest BCUT2D eigenvalue weighted by atomic mass is 16.5. The molecule has 1 N–H and O–H groups in total. The van der Waals surface area contributed by atoms with Gasteiger partial charge in [0.1, 0.15) is 6.73 Å². The number of rotatable bonds is 7. The molecule has 0 aliphatic heterocycles. The van der Waals surface area contributed by atoms with Gasteiger partial charge in [0.25, 0.3) is 0 Å². The van der Waals surface area contributed by atoms with E-state index in [1.54, 1.807) is 27.7 Å². The van der Waals surface area contributed by atoms with Crippen LogP contribution in [-0.2, 0) is 19.1 Å². The largest absolute Gasteiger partial charge is 0.462 e. The highest BCUT2D eigenvalue weighted by molar-refractivity contribution is 5.86. The molecule has 0 aromatic rings. The van der Waals surface area contributed by atoms with Gasteiger partial charge in [0.15, 0.2) is 0 Å². The van der Waals surface area contributed by atoms with Crippen molar-refractivity contribution >= 4 is 11.9 Å². The summed E-state index contributed by atoms with van der Waals surface area (Å²) >= 11 is 0. The molecular formula is C13H23NO4. The van der Waals surface area contributed by atoms with Crippen LogP contribution in [0.2, 0.25) is 0 Å². The predicted octanol–water partition coefficient (Wildman–Crippen LogP) is 1.63. The van der Waals surface area contributed by atoms with Crippen LogP contribution in [-0.4, -0.2) is 31.8 Å². The normalized spacial score (nSPS) is 10.9. The molecule has 0 bridgehead atoms. The Labute approximate surface area is 109 Å². The minimum Gasteiger partial charge on any atom is -0.462 e. The Bertz CT molecular complexity index is 305. The molecule has 0 aliphatic carbocycles. The smallest absolute Gasteiger partial charge is 0.333 e. The van der Waals surface area contributed by atoms with Gasteiger partial charge in [0.2, 0.25) is 0 Å².